The number of rotatable bonds is 4. The minimum absolute atomic E-state index is 0.225. The molecule has 132 valence electrons. The number of benzene rings is 1. The van der Waals surface area contributed by atoms with Gasteiger partial charge in [-0.2, -0.15) is 0 Å². The van der Waals surface area contributed by atoms with E-state index in [2.05, 4.69) is 10.2 Å². The first kappa shape index (κ1) is 18.3. The molecule has 0 unspecified atom stereocenters. The van der Waals surface area contributed by atoms with Crippen LogP contribution < -0.4 is 10.1 Å². The topological polar surface area (TPSA) is 54.0 Å². The summed E-state index contributed by atoms with van der Waals surface area (Å²) < 4.78 is 10.2. The summed E-state index contributed by atoms with van der Waals surface area (Å²) >= 11 is 5.50. The van der Waals surface area contributed by atoms with Crippen LogP contribution in [-0.2, 0) is 4.74 Å². The molecule has 0 aromatic heterocycles. The number of carbonyl (C=O) groups excluding carboxylic acids is 1. The predicted octanol–water partition coefficient (Wildman–Crippen LogP) is 2.94. The van der Waals surface area contributed by atoms with E-state index >= 15 is 0 Å². The number of anilines is 1. The molecular weight excluding hydrogens is 326 g/mol. The van der Waals surface area contributed by atoms with Crippen molar-refractivity contribution >= 4 is 29.1 Å². The average molecular weight is 351 g/mol. The van der Waals surface area contributed by atoms with Crippen molar-refractivity contribution in [3.05, 3.63) is 24.3 Å². The highest BCUT2D eigenvalue weighted by atomic mass is 32.1. The Labute approximate surface area is 148 Å². The average Bonchev–Trinajstić information content (AvgIpc) is 2.62. The monoisotopic (exact) mass is 351 g/mol. The van der Waals surface area contributed by atoms with E-state index < -0.39 is 0 Å². The quantitative estimate of drug-likeness (QED) is 0.842. The van der Waals surface area contributed by atoms with Gasteiger partial charge in [0.05, 0.1) is 13.7 Å². The molecule has 1 heterocycles. The van der Waals surface area contributed by atoms with Crippen molar-refractivity contribution in [3.8, 4) is 5.75 Å². The number of nitrogens with one attached hydrogen (secondary N) is 1. The lowest BCUT2D eigenvalue weighted by Gasteiger charge is -2.37. The van der Waals surface area contributed by atoms with Crippen LogP contribution >= 0.6 is 12.2 Å². The molecule has 1 aliphatic rings. The molecule has 0 radical (unpaired) electrons. The molecule has 1 N–H and O–H groups in total. The molecule has 1 aromatic carbocycles. The predicted molar refractivity (Wildman–Crippen MR) is 98.6 cm³/mol. The molecular formula is C17H25N3O3S. The summed E-state index contributed by atoms with van der Waals surface area (Å²) in [6, 6.07) is 7.96. The zero-order valence-corrected chi connectivity index (χ0v) is 15.3. The van der Waals surface area contributed by atoms with Gasteiger partial charge in [0.1, 0.15) is 5.75 Å². The summed E-state index contributed by atoms with van der Waals surface area (Å²) in [6.45, 7) is 3.62. The zero-order chi connectivity index (χ0) is 17.5. The van der Waals surface area contributed by atoms with Crippen molar-refractivity contribution in [1.82, 2.24) is 9.80 Å². The summed E-state index contributed by atoms with van der Waals surface area (Å²) in [5, 5.41) is 3.92. The molecule has 7 heteroatoms. The number of ether oxygens (including phenoxy) is 2. The molecule has 0 atom stereocenters. The molecule has 1 fully saturated rings. The Balaban J connectivity index is 1.84. The van der Waals surface area contributed by atoms with Crippen LogP contribution in [0.2, 0.25) is 0 Å². The van der Waals surface area contributed by atoms with E-state index in [1.165, 1.54) is 0 Å². The van der Waals surface area contributed by atoms with E-state index in [4.69, 9.17) is 21.7 Å². The Bertz CT molecular complexity index is 557. The molecule has 6 nitrogen and oxygen atoms in total. The number of amides is 1. The molecule has 0 bridgehead atoms. The first-order chi connectivity index (χ1) is 11.5. The maximum atomic E-state index is 11.7. The first-order valence-corrected chi connectivity index (χ1v) is 8.55. The van der Waals surface area contributed by atoms with Gasteiger partial charge >= 0.3 is 6.09 Å². The van der Waals surface area contributed by atoms with Gasteiger partial charge < -0.3 is 24.6 Å². The lowest BCUT2D eigenvalue weighted by Crippen LogP contribution is -2.48. The largest absolute Gasteiger partial charge is 0.497 e. The van der Waals surface area contributed by atoms with E-state index in [0.29, 0.717) is 30.9 Å². The standard InChI is InChI=1S/C17H25N3O3S/c1-4-23-17(21)20-11-9-14(10-12-20)19(2)16(24)18-13-5-7-15(22-3)8-6-13/h5-8,14H,4,9-12H2,1-3H3,(H,18,24). The molecule has 0 saturated carbocycles. The summed E-state index contributed by atoms with van der Waals surface area (Å²) in [7, 11) is 3.63. The summed E-state index contributed by atoms with van der Waals surface area (Å²) in [5.74, 6) is 0.811. The van der Waals surface area contributed by atoms with E-state index in [0.717, 1.165) is 24.3 Å². The smallest absolute Gasteiger partial charge is 0.409 e. The molecule has 0 aliphatic carbocycles. The molecule has 1 aromatic rings. The van der Waals surface area contributed by atoms with Gasteiger partial charge in [0.25, 0.3) is 0 Å². The van der Waals surface area contributed by atoms with Gasteiger partial charge in [0.2, 0.25) is 0 Å². The fourth-order valence-electron chi connectivity index (χ4n) is 2.70. The SMILES string of the molecule is CCOC(=O)N1CCC(N(C)C(=S)Nc2ccc(OC)cc2)CC1. The van der Waals surface area contributed by atoms with Crippen LogP contribution in [0.25, 0.3) is 0 Å². The molecule has 1 amide bonds. The van der Waals surface area contributed by atoms with E-state index in [9.17, 15) is 4.79 Å². The number of thiocarbonyl (C=S) groups is 1. The van der Waals surface area contributed by atoms with Gasteiger partial charge in [0, 0.05) is 31.9 Å². The maximum absolute atomic E-state index is 11.7. The second-order valence-electron chi connectivity index (χ2n) is 5.69. The van der Waals surface area contributed by atoms with Crippen molar-refractivity contribution in [2.45, 2.75) is 25.8 Å². The number of nitrogens with zero attached hydrogens (tertiary/aromatic N) is 2. The highest BCUT2D eigenvalue weighted by molar-refractivity contribution is 7.80. The lowest BCUT2D eigenvalue weighted by atomic mass is 10.0. The van der Waals surface area contributed by atoms with Gasteiger partial charge in [-0.05, 0) is 56.2 Å². The third-order valence-electron chi connectivity index (χ3n) is 4.20. The molecule has 0 spiro atoms. The Hall–Kier alpha value is -2.02. The van der Waals surface area contributed by atoms with E-state index in [-0.39, 0.29) is 6.09 Å². The van der Waals surface area contributed by atoms with Crippen molar-refractivity contribution < 1.29 is 14.3 Å². The second kappa shape index (κ2) is 8.73. The molecule has 24 heavy (non-hydrogen) atoms. The maximum Gasteiger partial charge on any atom is 0.409 e. The van der Waals surface area contributed by atoms with Crippen LogP contribution in [0.5, 0.6) is 5.75 Å². The Morgan fingerprint density at radius 2 is 1.96 bits per heavy atom. The van der Waals surface area contributed by atoms with Crippen molar-refractivity contribution in [3.63, 3.8) is 0 Å². The highest BCUT2D eigenvalue weighted by Crippen LogP contribution is 2.19. The minimum Gasteiger partial charge on any atom is -0.497 e. The Morgan fingerprint density at radius 3 is 2.50 bits per heavy atom. The normalized spacial score (nSPS) is 14.9. The third kappa shape index (κ3) is 4.74. The van der Waals surface area contributed by atoms with Crippen LogP contribution in [0, 0.1) is 0 Å². The molecule has 1 saturated heterocycles. The van der Waals surface area contributed by atoms with Crippen LogP contribution in [0.4, 0.5) is 10.5 Å². The minimum atomic E-state index is -0.225. The van der Waals surface area contributed by atoms with Gasteiger partial charge in [-0.3, -0.25) is 0 Å². The second-order valence-corrected chi connectivity index (χ2v) is 6.07. The summed E-state index contributed by atoms with van der Waals surface area (Å²) in [5.41, 5.74) is 0.927. The number of carbonyl (C=O) groups is 1. The first-order valence-electron chi connectivity index (χ1n) is 8.14. The highest BCUT2D eigenvalue weighted by Gasteiger charge is 2.26. The summed E-state index contributed by atoms with van der Waals surface area (Å²) in [4.78, 5) is 15.6. The van der Waals surface area contributed by atoms with E-state index in [1.54, 1.807) is 12.0 Å². The van der Waals surface area contributed by atoms with Gasteiger partial charge in [-0.15, -0.1) is 0 Å². The Kier molecular flexibility index (Phi) is 6.66. The van der Waals surface area contributed by atoms with Gasteiger partial charge in [-0.25, -0.2) is 4.79 Å². The number of piperidine rings is 1. The Morgan fingerprint density at radius 1 is 1.33 bits per heavy atom. The number of likely N-dealkylation sites (tertiary alicyclic amines) is 1. The molecule has 2 rings (SSSR count). The lowest BCUT2D eigenvalue weighted by molar-refractivity contribution is 0.0895. The van der Waals surface area contributed by atoms with Crippen LogP contribution in [0.1, 0.15) is 19.8 Å². The fourth-order valence-corrected chi connectivity index (χ4v) is 2.97. The third-order valence-corrected chi connectivity index (χ3v) is 4.59. The van der Waals surface area contributed by atoms with Crippen molar-refractivity contribution in [2.75, 3.05) is 39.2 Å². The summed E-state index contributed by atoms with van der Waals surface area (Å²) in [6.07, 6.45) is 1.52. The number of hydrogen-bond acceptors (Lipinski definition) is 4. The van der Waals surface area contributed by atoms with Crippen LogP contribution in [0.3, 0.4) is 0 Å². The van der Waals surface area contributed by atoms with Crippen molar-refractivity contribution in [2.24, 2.45) is 0 Å². The van der Waals surface area contributed by atoms with Crippen LogP contribution in [0.15, 0.2) is 24.3 Å². The van der Waals surface area contributed by atoms with Gasteiger partial charge in [-0.1, -0.05) is 0 Å². The number of hydrogen-bond donors (Lipinski definition) is 1. The van der Waals surface area contributed by atoms with Gasteiger partial charge in [0.15, 0.2) is 5.11 Å². The van der Waals surface area contributed by atoms with E-state index in [1.807, 2.05) is 38.2 Å². The number of methoxy groups -OCH3 is 1. The molecule has 1 aliphatic heterocycles. The van der Waals surface area contributed by atoms with Crippen molar-refractivity contribution in [1.29, 1.82) is 0 Å². The van der Waals surface area contributed by atoms with Crippen LogP contribution in [-0.4, -0.2) is 60.9 Å². The fraction of sp³-hybridized carbons (Fsp3) is 0.529. The zero-order valence-electron chi connectivity index (χ0n) is 14.4.